The molecule has 150 valence electrons. The maximum absolute atomic E-state index is 12.4. The largest absolute Gasteiger partial charge is 0.325 e. The molecule has 0 saturated heterocycles. The Labute approximate surface area is 164 Å². The number of nitrogens with one attached hydrogen (secondary N) is 1. The third-order valence-electron chi connectivity index (χ3n) is 4.29. The van der Waals surface area contributed by atoms with Crippen LogP contribution in [0.1, 0.15) is 30.9 Å². The number of hydrogen-bond donors (Lipinski definition) is 1. The normalized spacial score (nSPS) is 11.3. The summed E-state index contributed by atoms with van der Waals surface area (Å²) in [5.74, 6) is -0.198. The molecule has 1 amide bonds. The first-order valence-electron chi connectivity index (χ1n) is 8.62. The lowest BCUT2D eigenvalue weighted by atomic mass is 10.0. The third-order valence-corrected chi connectivity index (χ3v) is 5.42. The average molecular weight is 405 g/mol. The molecule has 0 unspecified atom stereocenters. The zero-order valence-electron chi connectivity index (χ0n) is 16.2. The number of hydrogen-bond acceptors (Lipinski definition) is 5. The Morgan fingerprint density at radius 3 is 2.29 bits per heavy atom. The van der Waals surface area contributed by atoms with Gasteiger partial charge in [0.1, 0.15) is 6.54 Å². The predicted molar refractivity (Wildman–Crippen MR) is 109 cm³/mol. The standard InChI is InChI=1S/C19H23N3O5S/c1-13(2)15-8-10-16(11-9-15)20-19(23)12-21(28(4,26)27)17-6-5-7-18(14(17)3)22(24)25/h5-11,13H,12H2,1-4H3,(H,20,23). The Hall–Kier alpha value is -2.94. The Kier molecular flexibility index (Phi) is 6.40. The highest BCUT2D eigenvalue weighted by atomic mass is 32.2. The van der Waals surface area contributed by atoms with Crippen molar-refractivity contribution in [1.29, 1.82) is 0 Å². The molecule has 2 rings (SSSR count). The van der Waals surface area contributed by atoms with Gasteiger partial charge in [0, 0.05) is 11.8 Å². The molecule has 1 N–H and O–H groups in total. The van der Waals surface area contributed by atoms with Crippen molar-refractivity contribution >= 4 is 33.0 Å². The van der Waals surface area contributed by atoms with Crippen molar-refractivity contribution in [3.05, 3.63) is 63.7 Å². The van der Waals surface area contributed by atoms with Crippen LogP contribution in [0.5, 0.6) is 0 Å². The van der Waals surface area contributed by atoms with Gasteiger partial charge in [-0.15, -0.1) is 0 Å². The first kappa shape index (κ1) is 21.4. The van der Waals surface area contributed by atoms with Gasteiger partial charge in [-0.3, -0.25) is 19.2 Å². The zero-order chi connectivity index (χ0) is 21.1. The summed E-state index contributed by atoms with van der Waals surface area (Å²) >= 11 is 0. The van der Waals surface area contributed by atoms with Crippen molar-refractivity contribution in [3.8, 4) is 0 Å². The Bertz CT molecular complexity index is 985. The van der Waals surface area contributed by atoms with E-state index in [2.05, 4.69) is 19.2 Å². The van der Waals surface area contributed by atoms with Gasteiger partial charge in [-0.05, 0) is 36.6 Å². The molecule has 0 radical (unpaired) electrons. The van der Waals surface area contributed by atoms with Crippen LogP contribution < -0.4 is 9.62 Å². The fraction of sp³-hybridized carbons (Fsp3) is 0.316. The molecule has 2 aromatic rings. The summed E-state index contributed by atoms with van der Waals surface area (Å²) in [4.78, 5) is 23.0. The van der Waals surface area contributed by atoms with Crippen molar-refractivity contribution in [1.82, 2.24) is 0 Å². The van der Waals surface area contributed by atoms with Crippen LogP contribution in [0.2, 0.25) is 0 Å². The molecular formula is C19H23N3O5S. The number of sulfonamides is 1. The molecular weight excluding hydrogens is 382 g/mol. The van der Waals surface area contributed by atoms with Crippen LogP contribution in [0.4, 0.5) is 17.1 Å². The second-order valence-electron chi connectivity index (χ2n) is 6.77. The van der Waals surface area contributed by atoms with E-state index in [1.54, 1.807) is 12.1 Å². The number of anilines is 2. The highest BCUT2D eigenvalue weighted by Gasteiger charge is 2.25. The van der Waals surface area contributed by atoms with E-state index in [9.17, 15) is 23.3 Å². The van der Waals surface area contributed by atoms with E-state index >= 15 is 0 Å². The van der Waals surface area contributed by atoms with Gasteiger partial charge in [0.05, 0.1) is 22.4 Å². The SMILES string of the molecule is Cc1c(N(CC(=O)Nc2ccc(C(C)C)cc2)S(C)(=O)=O)cccc1[N+](=O)[O-]. The molecule has 0 saturated carbocycles. The van der Waals surface area contributed by atoms with E-state index in [1.807, 2.05) is 12.1 Å². The van der Waals surface area contributed by atoms with Gasteiger partial charge in [0.15, 0.2) is 0 Å². The lowest BCUT2D eigenvalue weighted by Gasteiger charge is -2.23. The molecule has 0 heterocycles. The summed E-state index contributed by atoms with van der Waals surface area (Å²) < 4.78 is 25.4. The third kappa shape index (κ3) is 5.07. The van der Waals surface area contributed by atoms with Crippen LogP contribution in [0.25, 0.3) is 0 Å². The summed E-state index contributed by atoms with van der Waals surface area (Å²) in [6.07, 6.45) is 0.954. The van der Waals surface area contributed by atoms with Crippen LogP contribution >= 0.6 is 0 Å². The number of amides is 1. The number of carbonyl (C=O) groups is 1. The number of nitrogens with zero attached hydrogens (tertiary/aromatic N) is 2. The summed E-state index contributed by atoms with van der Waals surface area (Å²) in [5.41, 5.74) is 1.71. The van der Waals surface area contributed by atoms with Crippen LogP contribution in [0.15, 0.2) is 42.5 Å². The van der Waals surface area contributed by atoms with Crippen molar-refractivity contribution in [2.45, 2.75) is 26.7 Å². The van der Waals surface area contributed by atoms with E-state index in [4.69, 9.17) is 0 Å². The Morgan fingerprint density at radius 1 is 1.18 bits per heavy atom. The minimum absolute atomic E-state index is 0.0991. The van der Waals surface area contributed by atoms with E-state index in [0.29, 0.717) is 11.6 Å². The maximum atomic E-state index is 12.4. The topological polar surface area (TPSA) is 110 Å². The van der Waals surface area contributed by atoms with Gasteiger partial charge in [0.2, 0.25) is 15.9 Å². The van der Waals surface area contributed by atoms with Gasteiger partial charge in [-0.25, -0.2) is 8.42 Å². The van der Waals surface area contributed by atoms with E-state index < -0.39 is 27.4 Å². The van der Waals surface area contributed by atoms with Crippen molar-refractivity contribution < 1.29 is 18.1 Å². The maximum Gasteiger partial charge on any atom is 0.274 e. The van der Waals surface area contributed by atoms with Crippen molar-refractivity contribution in [3.63, 3.8) is 0 Å². The van der Waals surface area contributed by atoms with Gasteiger partial charge >= 0.3 is 0 Å². The van der Waals surface area contributed by atoms with E-state index in [-0.39, 0.29) is 16.9 Å². The second-order valence-corrected chi connectivity index (χ2v) is 8.68. The molecule has 9 heteroatoms. The molecule has 0 spiro atoms. The summed E-state index contributed by atoms with van der Waals surface area (Å²) in [6.45, 7) is 5.07. The molecule has 0 bridgehead atoms. The second kappa shape index (κ2) is 8.39. The van der Waals surface area contributed by atoms with Crippen molar-refractivity contribution in [2.24, 2.45) is 0 Å². The van der Waals surface area contributed by atoms with Gasteiger partial charge < -0.3 is 5.32 Å². The van der Waals surface area contributed by atoms with E-state index in [0.717, 1.165) is 16.1 Å². The highest BCUT2D eigenvalue weighted by molar-refractivity contribution is 7.92. The molecule has 8 nitrogen and oxygen atoms in total. The molecule has 0 aliphatic carbocycles. The molecule has 0 aromatic heterocycles. The average Bonchev–Trinajstić information content (AvgIpc) is 2.59. The smallest absolute Gasteiger partial charge is 0.274 e. The zero-order valence-corrected chi connectivity index (χ0v) is 17.0. The lowest BCUT2D eigenvalue weighted by molar-refractivity contribution is -0.385. The minimum Gasteiger partial charge on any atom is -0.325 e. The van der Waals surface area contributed by atoms with Crippen LogP contribution in [-0.4, -0.2) is 32.0 Å². The monoisotopic (exact) mass is 405 g/mol. The number of carbonyl (C=O) groups excluding carboxylic acids is 1. The number of rotatable bonds is 7. The van der Waals surface area contributed by atoms with Gasteiger partial charge in [0.25, 0.3) is 5.69 Å². The summed E-state index contributed by atoms with van der Waals surface area (Å²) in [6, 6.07) is 11.4. The molecule has 28 heavy (non-hydrogen) atoms. The fourth-order valence-electron chi connectivity index (χ4n) is 2.74. The fourth-order valence-corrected chi connectivity index (χ4v) is 3.65. The molecule has 0 aliphatic heterocycles. The molecule has 2 aromatic carbocycles. The number of benzene rings is 2. The van der Waals surface area contributed by atoms with Gasteiger partial charge in [-0.2, -0.15) is 0 Å². The Balaban J connectivity index is 2.27. The minimum atomic E-state index is -3.84. The summed E-state index contributed by atoms with van der Waals surface area (Å²) in [7, 11) is -3.84. The molecule has 0 atom stereocenters. The van der Waals surface area contributed by atoms with E-state index in [1.165, 1.54) is 25.1 Å². The number of nitro benzene ring substituents is 1. The quantitative estimate of drug-likeness (QED) is 0.560. The Morgan fingerprint density at radius 2 is 1.79 bits per heavy atom. The lowest BCUT2D eigenvalue weighted by Crippen LogP contribution is -2.38. The van der Waals surface area contributed by atoms with Gasteiger partial charge in [-0.1, -0.05) is 32.0 Å². The summed E-state index contributed by atoms with van der Waals surface area (Å²) in [5, 5.41) is 13.8. The highest BCUT2D eigenvalue weighted by Crippen LogP contribution is 2.29. The number of nitro groups is 1. The molecule has 0 aliphatic rings. The van der Waals surface area contributed by atoms with Crippen LogP contribution in [0.3, 0.4) is 0 Å². The first-order chi connectivity index (χ1) is 13.0. The predicted octanol–water partition coefficient (Wildman–Crippen LogP) is 3.43. The van der Waals surface area contributed by atoms with Crippen LogP contribution in [0, 0.1) is 17.0 Å². The first-order valence-corrected chi connectivity index (χ1v) is 10.5. The van der Waals surface area contributed by atoms with Crippen molar-refractivity contribution in [2.75, 3.05) is 22.4 Å². The van der Waals surface area contributed by atoms with Crippen LogP contribution in [-0.2, 0) is 14.8 Å². The molecule has 0 fully saturated rings.